The highest BCUT2D eigenvalue weighted by Gasteiger charge is 2.23. The Hall–Kier alpha value is -2.87. The molecule has 3 rings (SSSR count). The standard InChI is InChI=1S/C20H22N2O5S/c1-12-7-13(2)18(14(3)8-12)22(15(4)23)20-21-16(11-28-20)9-27-19(24)17-10-25-5-6-26-17/h7-8,10-11H,5-6,9H2,1-4H3. The largest absolute Gasteiger partial charge is 0.493 e. The molecule has 2 aromatic rings. The summed E-state index contributed by atoms with van der Waals surface area (Å²) < 4.78 is 15.5. The molecule has 0 saturated carbocycles. The van der Waals surface area contributed by atoms with Crippen molar-refractivity contribution in [3.8, 4) is 0 Å². The van der Waals surface area contributed by atoms with Gasteiger partial charge in [-0.05, 0) is 31.9 Å². The number of amides is 1. The molecule has 0 N–H and O–H groups in total. The third-order valence-corrected chi connectivity index (χ3v) is 4.98. The minimum absolute atomic E-state index is 0.0202. The number of aryl methyl sites for hydroxylation is 3. The number of carbonyl (C=O) groups excluding carboxylic acids is 2. The molecule has 1 amide bonds. The predicted octanol–water partition coefficient (Wildman–Crippen LogP) is 3.68. The zero-order valence-electron chi connectivity index (χ0n) is 16.3. The van der Waals surface area contributed by atoms with E-state index >= 15 is 0 Å². The highest BCUT2D eigenvalue weighted by molar-refractivity contribution is 7.14. The Morgan fingerprint density at radius 3 is 2.54 bits per heavy atom. The van der Waals surface area contributed by atoms with Crippen molar-refractivity contribution in [3.05, 3.63) is 51.9 Å². The maximum atomic E-state index is 12.4. The molecule has 7 nitrogen and oxygen atoms in total. The van der Waals surface area contributed by atoms with Gasteiger partial charge < -0.3 is 14.2 Å². The van der Waals surface area contributed by atoms with E-state index < -0.39 is 5.97 Å². The summed E-state index contributed by atoms with van der Waals surface area (Å²) >= 11 is 1.32. The van der Waals surface area contributed by atoms with Gasteiger partial charge in [-0.15, -0.1) is 11.3 Å². The third-order valence-electron chi connectivity index (χ3n) is 4.11. The van der Waals surface area contributed by atoms with Crippen molar-refractivity contribution < 1.29 is 23.8 Å². The third kappa shape index (κ3) is 4.33. The van der Waals surface area contributed by atoms with E-state index in [9.17, 15) is 9.59 Å². The lowest BCUT2D eigenvalue weighted by atomic mass is 10.0. The molecule has 0 spiro atoms. The highest BCUT2D eigenvalue weighted by Crippen LogP contribution is 2.34. The molecule has 0 atom stereocenters. The van der Waals surface area contributed by atoms with Crippen LogP contribution in [0.1, 0.15) is 29.3 Å². The fourth-order valence-corrected chi connectivity index (χ4v) is 3.92. The van der Waals surface area contributed by atoms with Crippen molar-refractivity contribution >= 4 is 34.0 Å². The van der Waals surface area contributed by atoms with Crippen LogP contribution < -0.4 is 4.90 Å². The molecule has 1 aromatic carbocycles. The number of aromatic nitrogens is 1. The van der Waals surface area contributed by atoms with Crippen molar-refractivity contribution in [2.45, 2.75) is 34.3 Å². The topological polar surface area (TPSA) is 78.0 Å². The SMILES string of the molecule is CC(=O)N(c1nc(COC(=O)C2=COCCO2)cs1)c1c(C)cc(C)cc1C. The van der Waals surface area contributed by atoms with Crippen LogP contribution in [0.4, 0.5) is 10.8 Å². The lowest BCUT2D eigenvalue weighted by Gasteiger charge is -2.23. The van der Waals surface area contributed by atoms with E-state index in [-0.39, 0.29) is 18.3 Å². The first-order chi connectivity index (χ1) is 13.4. The van der Waals surface area contributed by atoms with Gasteiger partial charge >= 0.3 is 5.97 Å². The van der Waals surface area contributed by atoms with Crippen LogP contribution in [0.5, 0.6) is 0 Å². The summed E-state index contributed by atoms with van der Waals surface area (Å²) in [7, 11) is 0. The van der Waals surface area contributed by atoms with Gasteiger partial charge in [-0.25, -0.2) is 9.78 Å². The molecule has 0 aliphatic carbocycles. The summed E-state index contributed by atoms with van der Waals surface area (Å²) in [6.45, 7) is 8.17. The molecule has 1 aromatic heterocycles. The number of nitrogens with zero attached hydrogens (tertiary/aromatic N) is 2. The molecule has 0 radical (unpaired) electrons. The first kappa shape index (κ1) is 19.9. The van der Waals surface area contributed by atoms with Crippen molar-refractivity contribution in [3.63, 3.8) is 0 Å². The predicted molar refractivity (Wildman–Crippen MR) is 105 cm³/mol. The summed E-state index contributed by atoms with van der Waals surface area (Å²) in [5, 5.41) is 2.30. The maximum absolute atomic E-state index is 12.4. The van der Waals surface area contributed by atoms with Gasteiger partial charge in [0, 0.05) is 12.3 Å². The van der Waals surface area contributed by atoms with E-state index in [4.69, 9.17) is 14.2 Å². The van der Waals surface area contributed by atoms with Crippen LogP contribution in [0.3, 0.4) is 0 Å². The Bertz CT molecular complexity index is 911. The Labute approximate surface area is 167 Å². The normalized spacial score (nSPS) is 13.2. The summed E-state index contributed by atoms with van der Waals surface area (Å²) in [6, 6.07) is 4.07. The Morgan fingerprint density at radius 2 is 1.93 bits per heavy atom. The van der Waals surface area contributed by atoms with Crippen molar-refractivity contribution in [2.24, 2.45) is 0 Å². The van der Waals surface area contributed by atoms with E-state index in [0.717, 1.165) is 22.4 Å². The molecule has 0 bridgehead atoms. The van der Waals surface area contributed by atoms with Gasteiger partial charge in [-0.2, -0.15) is 0 Å². The second-order valence-corrected chi connectivity index (χ2v) is 7.34. The van der Waals surface area contributed by atoms with Crippen molar-refractivity contribution in [2.75, 3.05) is 18.1 Å². The van der Waals surface area contributed by atoms with Crippen LogP contribution in [-0.4, -0.2) is 30.1 Å². The van der Waals surface area contributed by atoms with Crippen LogP contribution in [0.25, 0.3) is 0 Å². The van der Waals surface area contributed by atoms with Crippen LogP contribution >= 0.6 is 11.3 Å². The van der Waals surface area contributed by atoms with Crippen LogP contribution in [0.2, 0.25) is 0 Å². The van der Waals surface area contributed by atoms with Gasteiger partial charge in [-0.3, -0.25) is 9.69 Å². The molecule has 0 fully saturated rings. The van der Waals surface area contributed by atoms with E-state index in [2.05, 4.69) is 4.98 Å². The molecule has 1 aliphatic rings. The van der Waals surface area contributed by atoms with E-state index in [1.807, 2.05) is 32.9 Å². The minimum Gasteiger partial charge on any atom is -0.493 e. The maximum Gasteiger partial charge on any atom is 0.377 e. The number of anilines is 2. The molecule has 148 valence electrons. The first-order valence-corrected chi connectivity index (χ1v) is 9.69. The number of benzene rings is 1. The average molecular weight is 402 g/mol. The summed E-state index contributed by atoms with van der Waals surface area (Å²) in [4.78, 5) is 30.4. The monoisotopic (exact) mass is 402 g/mol. The molecule has 0 saturated heterocycles. The zero-order chi connectivity index (χ0) is 20.3. The van der Waals surface area contributed by atoms with Gasteiger partial charge in [0.05, 0.1) is 11.4 Å². The molecular weight excluding hydrogens is 380 g/mol. The van der Waals surface area contributed by atoms with Crippen LogP contribution in [0, 0.1) is 20.8 Å². The summed E-state index contributed by atoms with van der Waals surface area (Å²) in [5.74, 6) is -0.702. The Kier molecular flexibility index (Phi) is 5.99. The molecule has 0 unspecified atom stereocenters. The number of ether oxygens (including phenoxy) is 3. The fourth-order valence-electron chi connectivity index (χ4n) is 3.06. The lowest BCUT2D eigenvalue weighted by Crippen LogP contribution is -2.24. The zero-order valence-corrected chi connectivity index (χ0v) is 17.1. The van der Waals surface area contributed by atoms with E-state index in [1.54, 1.807) is 10.3 Å². The Morgan fingerprint density at radius 1 is 1.21 bits per heavy atom. The highest BCUT2D eigenvalue weighted by atomic mass is 32.1. The van der Waals surface area contributed by atoms with E-state index in [0.29, 0.717) is 24.0 Å². The second kappa shape index (κ2) is 8.43. The van der Waals surface area contributed by atoms with Crippen LogP contribution in [0.15, 0.2) is 29.5 Å². The van der Waals surface area contributed by atoms with Crippen molar-refractivity contribution in [1.29, 1.82) is 0 Å². The fraction of sp³-hybridized carbons (Fsp3) is 0.350. The average Bonchev–Trinajstić information content (AvgIpc) is 3.11. The van der Waals surface area contributed by atoms with Gasteiger partial charge in [0.25, 0.3) is 0 Å². The van der Waals surface area contributed by atoms with E-state index in [1.165, 1.54) is 24.5 Å². The number of hydrogen-bond acceptors (Lipinski definition) is 7. The molecule has 2 heterocycles. The second-order valence-electron chi connectivity index (χ2n) is 6.50. The number of hydrogen-bond donors (Lipinski definition) is 0. The summed E-state index contributed by atoms with van der Waals surface area (Å²) in [6.07, 6.45) is 1.25. The van der Waals surface area contributed by atoms with Gasteiger partial charge in [-0.1, -0.05) is 17.7 Å². The van der Waals surface area contributed by atoms with Crippen molar-refractivity contribution in [1.82, 2.24) is 4.98 Å². The number of thiazole rings is 1. The molecule has 28 heavy (non-hydrogen) atoms. The summed E-state index contributed by atoms with van der Waals surface area (Å²) in [5.41, 5.74) is 4.51. The number of rotatable bonds is 5. The lowest BCUT2D eigenvalue weighted by molar-refractivity contribution is -0.146. The number of esters is 1. The molecule has 1 aliphatic heterocycles. The smallest absolute Gasteiger partial charge is 0.377 e. The minimum atomic E-state index is -0.608. The first-order valence-electron chi connectivity index (χ1n) is 8.81. The van der Waals surface area contributed by atoms with Crippen LogP contribution in [-0.2, 0) is 30.4 Å². The molecule has 8 heteroatoms. The van der Waals surface area contributed by atoms with Gasteiger partial charge in [0.2, 0.25) is 11.7 Å². The Balaban J connectivity index is 1.78. The molecular formula is C20H22N2O5S. The quantitative estimate of drug-likeness (QED) is 0.710. The van der Waals surface area contributed by atoms with Gasteiger partial charge in [0.15, 0.2) is 5.13 Å². The van der Waals surface area contributed by atoms with Gasteiger partial charge in [0.1, 0.15) is 26.1 Å². The number of carbonyl (C=O) groups is 2.